The zero-order valence-corrected chi connectivity index (χ0v) is 13.2. The molecule has 0 saturated carbocycles. The molecule has 5 heteroatoms. The predicted molar refractivity (Wildman–Crippen MR) is 75.1 cm³/mol. The third-order valence-corrected chi connectivity index (χ3v) is 6.85. The molecule has 0 amide bonds. The first-order valence-electron chi connectivity index (χ1n) is 5.50. The fourth-order valence-electron chi connectivity index (χ4n) is 1.69. The Hall–Kier alpha value is -0.901. The van der Waals surface area contributed by atoms with Crippen molar-refractivity contribution in [3.8, 4) is 0 Å². The van der Waals surface area contributed by atoms with E-state index in [0.717, 1.165) is 9.82 Å². The van der Waals surface area contributed by atoms with E-state index in [1.165, 1.54) is 16.8 Å². The second-order valence-electron chi connectivity index (χ2n) is 5.10. The van der Waals surface area contributed by atoms with Gasteiger partial charge in [0.2, 0.25) is 0 Å². The first-order chi connectivity index (χ1) is 8.34. The molecular weight excluding hydrogens is 315 g/mol. The van der Waals surface area contributed by atoms with Crippen LogP contribution < -0.4 is 4.74 Å². The van der Waals surface area contributed by atoms with Crippen LogP contribution in [0.15, 0.2) is 16.9 Å². The summed E-state index contributed by atoms with van der Waals surface area (Å²) in [5, 5.41) is 0.688. The van der Waals surface area contributed by atoms with Crippen LogP contribution in [-0.2, 0) is 10.2 Å². The number of carbonyl (C=O) groups excluding carboxylic acids is 1. The Morgan fingerprint density at radius 2 is 2.00 bits per heavy atom. The molecule has 0 saturated heterocycles. The van der Waals surface area contributed by atoms with Gasteiger partial charge in [0, 0.05) is 0 Å². The van der Waals surface area contributed by atoms with Gasteiger partial charge in [-0.25, -0.2) is 0 Å². The summed E-state index contributed by atoms with van der Waals surface area (Å²) in [6, 6.07) is 3.79. The molecule has 0 N–H and O–H groups in total. The summed E-state index contributed by atoms with van der Waals surface area (Å²) in [5.74, 6) is -0.352. The first-order valence-corrected chi connectivity index (χ1v) is 9.20. The molecule has 0 aliphatic rings. The van der Waals surface area contributed by atoms with Gasteiger partial charge in [-0.2, -0.15) is 0 Å². The van der Waals surface area contributed by atoms with E-state index in [1.807, 2.05) is 12.1 Å². The number of carbonyl (C=O) groups is 1. The standard InChI is InChI=1S/C13H14O3SSe/c1-13(2,3)7-5-8(11(14)16-4)10-9(6-7)12(15)17-18-10/h5-6H,1-4H3. The number of benzene rings is 1. The van der Waals surface area contributed by atoms with Crippen molar-refractivity contribution in [3.63, 3.8) is 0 Å². The molecule has 3 nitrogen and oxygen atoms in total. The molecule has 0 aliphatic heterocycles. The molecule has 0 spiro atoms. The van der Waals surface area contributed by atoms with E-state index in [0.29, 0.717) is 10.9 Å². The van der Waals surface area contributed by atoms with Crippen molar-refractivity contribution in [2.45, 2.75) is 26.2 Å². The Balaban J connectivity index is 2.83. The van der Waals surface area contributed by atoms with E-state index in [-0.39, 0.29) is 29.5 Å². The van der Waals surface area contributed by atoms with E-state index in [4.69, 9.17) is 4.74 Å². The van der Waals surface area contributed by atoms with Crippen molar-refractivity contribution in [1.82, 2.24) is 0 Å². The summed E-state index contributed by atoms with van der Waals surface area (Å²) in [6.45, 7) is 6.19. The number of fused-ring (bicyclic) bond motifs is 1. The van der Waals surface area contributed by atoms with Crippen LogP contribution in [0.4, 0.5) is 0 Å². The van der Waals surface area contributed by atoms with Crippen LogP contribution >= 0.6 is 9.72 Å². The third-order valence-electron chi connectivity index (χ3n) is 2.78. The molecule has 2 aromatic rings. The molecule has 18 heavy (non-hydrogen) atoms. The van der Waals surface area contributed by atoms with E-state index in [1.54, 1.807) is 0 Å². The van der Waals surface area contributed by atoms with Crippen molar-refractivity contribution in [3.05, 3.63) is 32.8 Å². The molecule has 0 atom stereocenters. The first kappa shape index (κ1) is 13.5. The van der Waals surface area contributed by atoms with Gasteiger partial charge in [0.05, 0.1) is 0 Å². The van der Waals surface area contributed by atoms with Gasteiger partial charge >= 0.3 is 114 Å². The SMILES string of the molecule is COC(=O)c1cc(C(C)(C)C)cc2c(=O)s[se]c12. The van der Waals surface area contributed by atoms with Crippen LogP contribution in [0.1, 0.15) is 36.7 Å². The maximum absolute atomic E-state index is 11.8. The summed E-state index contributed by atoms with van der Waals surface area (Å²) in [6.07, 6.45) is 0. The minimum atomic E-state index is -0.352. The zero-order chi connectivity index (χ0) is 13.5. The molecule has 0 aliphatic carbocycles. The van der Waals surface area contributed by atoms with Crippen molar-refractivity contribution in [2.75, 3.05) is 7.11 Å². The summed E-state index contributed by atoms with van der Waals surface area (Å²) < 4.78 is 5.76. The number of rotatable bonds is 1. The summed E-state index contributed by atoms with van der Waals surface area (Å²) in [7, 11) is 2.67. The number of hydrogen-bond acceptors (Lipinski definition) is 4. The average molecular weight is 329 g/mol. The van der Waals surface area contributed by atoms with Gasteiger partial charge in [0.25, 0.3) is 0 Å². The Morgan fingerprint density at radius 1 is 1.33 bits per heavy atom. The van der Waals surface area contributed by atoms with Gasteiger partial charge in [-0.1, -0.05) is 0 Å². The van der Waals surface area contributed by atoms with Crippen LogP contribution in [0.25, 0.3) is 9.65 Å². The van der Waals surface area contributed by atoms with Crippen molar-refractivity contribution in [1.29, 1.82) is 0 Å². The van der Waals surface area contributed by atoms with Crippen LogP contribution in [0.3, 0.4) is 0 Å². The second-order valence-corrected chi connectivity index (χ2v) is 8.75. The van der Waals surface area contributed by atoms with Gasteiger partial charge in [-0.15, -0.1) is 0 Å². The normalized spacial score (nSPS) is 11.8. The maximum atomic E-state index is 11.8. The summed E-state index contributed by atoms with van der Waals surface area (Å²) >= 11 is -0.0215. The molecule has 2 rings (SSSR count). The molecule has 1 aromatic carbocycles. The Labute approximate surface area is 114 Å². The van der Waals surface area contributed by atoms with Crippen molar-refractivity contribution < 1.29 is 9.53 Å². The molecule has 1 heterocycles. The molecule has 96 valence electrons. The van der Waals surface area contributed by atoms with Crippen LogP contribution in [-0.4, -0.2) is 26.4 Å². The molecule has 0 fully saturated rings. The fourth-order valence-corrected chi connectivity index (χ4v) is 5.74. The second kappa shape index (κ2) is 4.65. The van der Waals surface area contributed by atoms with E-state index < -0.39 is 0 Å². The van der Waals surface area contributed by atoms with Crippen molar-refractivity contribution in [2.24, 2.45) is 0 Å². The number of hydrogen-bond donors (Lipinski definition) is 0. The van der Waals surface area contributed by atoms with E-state index in [2.05, 4.69) is 20.8 Å². The zero-order valence-electron chi connectivity index (χ0n) is 10.7. The van der Waals surface area contributed by atoms with E-state index >= 15 is 0 Å². The summed E-state index contributed by atoms with van der Waals surface area (Å²) in [4.78, 5) is 23.7. The third kappa shape index (κ3) is 2.30. The summed E-state index contributed by atoms with van der Waals surface area (Å²) in [5.41, 5.74) is 1.45. The molecular formula is C13H14O3SSe. The van der Waals surface area contributed by atoms with Gasteiger partial charge in [0.1, 0.15) is 0 Å². The number of esters is 1. The average Bonchev–Trinajstić information content (AvgIpc) is 2.68. The Morgan fingerprint density at radius 3 is 2.56 bits per heavy atom. The topological polar surface area (TPSA) is 43.4 Å². The number of methoxy groups -OCH3 is 1. The van der Waals surface area contributed by atoms with Crippen molar-refractivity contribution >= 4 is 38.7 Å². The quantitative estimate of drug-likeness (QED) is 0.596. The monoisotopic (exact) mass is 330 g/mol. The Kier molecular flexibility index (Phi) is 3.49. The van der Waals surface area contributed by atoms with Gasteiger partial charge in [0.15, 0.2) is 0 Å². The molecule has 1 aromatic heterocycles. The van der Waals surface area contributed by atoms with Crippen LogP contribution in [0, 0.1) is 0 Å². The van der Waals surface area contributed by atoms with E-state index in [9.17, 15) is 9.59 Å². The van der Waals surface area contributed by atoms with Gasteiger partial charge < -0.3 is 0 Å². The fraction of sp³-hybridized carbons (Fsp3) is 0.385. The minimum absolute atomic E-state index is 0.0215. The molecule has 0 unspecified atom stereocenters. The predicted octanol–water partition coefficient (Wildman–Crippen LogP) is 2.40. The Bertz CT molecular complexity index is 661. The number of ether oxygens (including phenoxy) is 1. The van der Waals surface area contributed by atoms with Gasteiger partial charge in [-0.3, -0.25) is 0 Å². The molecule has 0 bridgehead atoms. The van der Waals surface area contributed by atoms with Crippen LogP contribution in [0.2, 0.25) is 0 Å². The molecule has 0 radical (unpaired) electrons. The van der Waals surface area contributed by atoms with Crippen LogP contribution in [0.5, 0.6) is 0 Å². The van der Waals surface area contributed by atoms with Gasteiger partial charge in [-0.05, 0) is 0 Å².